The summed E-state index contributed by atoms with van der Waals surface area (Å²) in [7, 11) is 2.13. The molecular formula is C18H20FN3. The molecule has 0 radical (unpaired) electrons. The smallest absolute Gasteiger partial charge is 0.136 e. The Balaban J connectivity index is 1.96. The van der Waals surface area contributed by atoms with Crippen LogP contribution in [0.1, 0.15) is 5.56 Å². The summed E-state index contributed by atoms with van der Waals surface area (Å²) >= 11 is 0. The lowest BCUT2D eigenvalue weighted by Gasteiger charge is -2.34. The van der Waals surface area contributed by atoms with Crippen molar-refractivity contribution in [2.75, 3.05) is 33.2 Å². The second-order valence-corrected chi connectivity index (χ2v) is 5.57. The van der Waals surface area contributed by atoms with E-state index in [9.17, 15) is 4.39 Å². The number of likely N-dealkylation sites (N-methyl/N-ethyl adjacent to an activating group) is 1. The average Bonchev–Trinajstić information content (AvgIpc) is 2.55. The second kappa shape index (κ2) is 6.71. The fourth-order valence-electron chi connectivity index (χ4n) is 2.59. The zero-order valence-electron chi connectivity index (χ0n) is 12.7. The van der Waals surface area contributed by atoms with Gasteiger partial charge in [-0.3, -0.25) is 0 Å². The third kappa shape index (κ3) is 3.52. The molecule has 4 heteroatoms. The van der Waals surface area contributed by atoms with Gasteiger partial charge in [-0.15, -0.1) is 0 Å². The first kappa shape index (κ1) is 14.7. The van der Waals surface area contributed by atoms with Crippen molar-refractivity contribution in [1.82, 2.24) is 9.80 Å². The summed E-state index contributed by atoms with van der Waals surface area (Å²) in [6, 6.07) is 16.6. The van der Waals surface area contributed by atoms with Gasteiger partial charge in [0.25, 0.3) is 0 Å². The van der Waals surface area contributed by atoms with E-state index in [-0.39, 0.29) is 5.82 Å². The average molecular weight is 297 g/mol. The Kier molecular flexibility index (Phi) is 4.49. The van der Waals surface area contributed by atoms with Crippen LogP contribution < -0.4 is 0 Å². The van der Waals surface area contributed by atoms with Crippen LogP contribution in [0.2, 0.25) is 0 Å². The monoisotopic (exact) mass is 297 g/mol. The van der Waals surface area contributed by atoms with E-state index in [1.165, 1.54) is 12.1 Å². The largest absolute Gasteiger partial charge is 0.354 e. The fourth-order valence-corrected chi connectivity index (χ4v) is 2.59. The van der Waals surface area contributed by atoms with Gasteiger partial charge in [-0.25, -0.2) is 9.38 Å². The predicted octanol–water partition coefficient (Wildman–Crippen LogP) is 3.15. The molecule has 22 heavy (non-hydrogen) atoms. The van der Waals surface area contributed by atoms with Gasteiger partial charge in [0.05, 0.1) is 5.69 Å². The zero-order valence-corrected chi connectivity index (χ0v) is 12.7. The van der Waals surface area contributed by atoms with Gasteiger partial charge in [-0.1, -0.05) is 36.4 Å². The maximum atomic E-state index is 13.4. The molecule has 0 aliphatic carbocycles. The van der Waals surface area contributed by atoms with Crippen LogP contribution in [0.5, 0.6) is 0 Å². The highest BCUT2D eigenvalue weighted by atomic mass is 19.1. The van der Waals surface area contributed by atoms with E-state index in [4.69, 9.17) is 4.99 Å². The molecule has 0 N–H and O–H groups in total. The molecule has 114 valence electrons. The summed E-state index contributed by atoms with van der Waals surface area (Å²) in [6.07, 6.45) is 0. The molecule has 0 spiro atoms. The number of hydrogen-bond donors (Lipinski definition) is 0. The Labute approximate surface area is 130 Å². The third-order valence-electron chi connectivity index (χ3n) is 3.88. The first-order chi connectivity index (χ1) is 10.7. The van der Waals surface area contributed by atoms with Crippen LogP contribution in [-0.4, -0.2) is 48.9 Å². The maximum absolute atomic E-state index is 13.4. The molecule has 0 bridgehead atoms. The molecule has 2 aromatic carbocycles. The molecule has 1 heterocycles. The van der Waals surface area contributed by atoms with E-state index < -0.39 is 0 Å². The van der Waals surface area contributed by atoms with Crippen molar-refractivity contribution in [2.24, 2.45) is 4.99 Å². The summed E-state index contributed by atoms with van der Waals surface area (Å²) in [6.45, 7) is 3.88. The van der Waals surface area contributed by atoms with Gasteiger partial charge < -0.3 is 9.80 Å². The van der Waals surface area contributed by atoms with Crippen molar-refractivity contribution in [3.8, 4) is 0 Å². The van der Waals surface area contributed by atoms with E-state index in [2.05, 4.69) is 29.0 Å². The van der Waals surface area contributed by atoms with E-state index in [0.29, 0.717) is 5.69 Å². The van der Waals surface area contributed by atoms with Crippen LogP contribution in [0.15, 0.2) is 59.6 Å². The number of nitrogens with zero attached hydrogens (tertiary/aromatic N) is 3. The van der Waals surface area contributed by atoms with Crippen LogP contribution in [-0.2, 0) is 0 Å². The first-order valence-electron chi connectivity index (χ1n) is 7.55. The van der Waals surface area contributed by atoms with Gasteiger partial charge in [-0.2, -0.15) is 0 Å². The lowest BCUT2D eigenvalue weighted by molar-refractivity contribution is 0.216. The number of halogens is 1. The van der Waals surface area contributed by atoms with Crippen molar-refractivity contribution in [3.63, 3.8) is 0 Å². The van der Waals surface area contributed by atoms with Crippen LogP contribution >= 0.6 is 0 Å². The second-order valence-electron chi connectivity index (χ2n) is 5.57. The molecule has 3 rings (SSSR count). The minimum Gasteiger partial charge on any atom is -0.354 e. The third-order valence-corrected chi connectivity index (χ3v) is 3.88. The summed E-state index contributed by atoms with van der Waals surface area (Å²) in [5.41, 5.74) is 1.72. The first-order valence-corrected chi connectivity index (χ1v) is 7.55. The van der Waals surface area contributed by atoms with Crippen LogP contribution in [0.25, 0.3) is 0 Å². The number of benzene rings is 2. The summed E-state index contributed by atoms with van der Waals surface area (Å²) in [5.74, 6) is 0.659. The Hall–Kier alpha value is -2.20. The predicted molar refractivity (Wildman–Crippen MR) is 88.1 cm³/mol. The number of aliphatic imine (C=N–C) groups is 1. The van der Waals surface area contributed by atoms with Crippen molar-refractivity contribution in [3.05, 3.63) is 66.0 Å². The van der Waals surface area contributed by atoms with Gasteiger partial charge in [0.2, 0.25) is 0 Å². The highest BCUT2D eigenvalue weighted by Crippen LogP contribution is 2.18. The highest BCUT2D eigenvalue weighted by molar-refractivity contribution is 6.00. The van der Waals surface area contributed by atoms with E-state index in [0.717, 1.165) is 37.6 Å². The minimum absolute atomic E-state index is 0.257. The topological polar surface area (TPSA) is 18.8 Å². The summed E-state index contributed by atoms with van der Waals surface area (Å²) in [5, 5.41) is 0. The molecule has 0 amide bonds. The molecule has 1 aliphatic heterocycles. The Morgan fingerprint density at radius 2 is 1.68 bits per heavy atom. The summed E-state index contributed by atoms with van der Waals surface area (Å²) in [4.78, 5) is 9.31. The Morgan fingerprint density at radius 1 is 0.955 bits per heavy atom. The van der Waals surface area contributed by atoms with Crippen molar-refractivity contribution >= 4 is 11.5 Å². The summed E-state index contributed by atoms with van der Waals surface area (Å²) < 4.78 is 13.4. The van der Waals surface area contributed by atoms with Crippen LogP contribution in [0.3, 0.4) is 0 Å². The number of rotatable bonds is 2. The van der Waals surface area contributed by atoms with Crippen molar-refractivity contribution < 1.29 is 4.39 Å². The Morgan fingerprint density at radius 3 is 2.36 bits per heavy atom. The van der Waals surface area contributed by atoms with Crippen LogP contribution in [0, 0.1) is 5.82 Å². The number of amidine groups is 1. The normalized spacial score (nSPS) is 16.8. The van der Waals surface area contributed by atoms with Crippen LogP contribution in [0.4, 0.5) is 10.1 Å². The fraction of sp³-hybridized carbons (Fsp3) is 0.278. The number of hydrogen-bond acceptors (Lipinski definition) is 2. The lowest BCUT2D eigenvalue weighted by atomic mass is 10.1. The number of piperazine rings is 1. The van der Waals surface area contributed by atoms with E-state index >= 15 is 0 Å². The minimum atomic E-state index is -0.257. The Bertz CT molecular complexity index is 646. The molecule has 2 aromatic rings. The van der Waals surface area contributed by atoms with E-state index in [1.807, 2.05) is 24.3 Å². The zero-order chi connectivity index (χ0) is 15.4. The molecule has 3 nitrogen and oxygen atoms in total. The highest BCUT2D eigenvalue weighted by Gasteiger charge is 2.18. The SMILES string of the molecule is CN1CCN(C(=Nc2cccc(F)c2)c2ccccc2)CC1. The van der Waals surface area contributed by atoms with E-state index in [1.54, 1.807) is 6.07 Å². The molecule has 0 atom stereocenters. The maximum Gasteiger partial charge on any atom is 0.136 e. The van der Waals surface area contributed by atoms with Gasteiger partial charge in [0.15, 0.2) is 0 Å². The van der Waals surface area contributed by atoms with Gasteiger partial charge in [0.1, 0.15) is 11.7 Å². The van der Waals surface area contributed by atoms with Gasteiger partial charge in [-0.05, 0) is 25.2 Å². The molecule has 1 fully saturated rings. The quantitative estimate of drug-likeness (QED) is 0.626. The standard InChI is InChI=1S/C18H20FN3/c1-21-10-12-22(13-11-21)18(15-6-3-2-4-7-15)20-17-9-5-8-16(19)14-17/h2-9,14H,10-13H2,1H3. The van der Waals surface area contributed by atoms with Gasteiger partial charge in [0, 0.05) is 31.7 Å². The molecule has 0 unspecified atom stereocenters. The lowest BCUT2D eigenvalue weighted by Crippen LogP contribution is -2.47. The van der Waals surface area contributed by atoms with Crippen molar-refractivity contribution in [2.45, 2.75) is 0 Å². The van der Waals surface area contributed by atoms with Crippen molar-refractivity contribution in [1.29, 1.82) is 0 Å². The molecular weight excluding hydrogens is 277 g/mol. The molecule has 0 aromatic heterocycles. The van der Waals surface area contributed by atoms with Gasteiger partial charge >= 0.3 is 0 Å². The molecule has 1 saturated heterocycles. The molecule has 1 aliphatic rings. The molecule has 0 saturated carbocycles.